The van der Waals surface area contributed by atoms with Crippen molar-refractivity contribution in [1.82, 2.24) is 0 Å². The third kappa shape index (κ3) is 3.25. The van der Waals surface area contributed by atoms with E-state index in [2.05, 4.69) is 0 Å². The largest absolute Gasteiger partial charge is 0.494 e. The molecule has 0 N–H and O–H groups in total. The number of thioether (sulfide) groups is 1. The van der Waals surface area contributed by atoms with Crippen LogP contribution in [0.3, 0.4) is 0 Å². The molecule has 1 atom stereocenters. The van der Waals surface area contributed by atoms with Crippen LogP contribution < -0.4 is 4.74 Å². The van der Waals surface area contributed by atoms with Crippen LogP contribution in [-0.2, 0) is 0 Å². The van der Waals surface area contributed by atoms with Crippen LogP contribution in [0.1, 0.15) is 36.5 Å². The quantitative estimate of drug-likeness (QED) is 0.764. The Morgan fingerprint density at radius 3 is 3.06 bits per heavy atom. The molecule has 0 aliphatic carbocycles. The fourth-order valence-electron chi connectivity index (χ4n) is 2.04. The summed E-state index contributed by atoms with van der Waals surface area (Å²) >= 11 is 1.79. The maximum atomic E-state index is 12.3. The molecule has 0 saturated carbocycles. The van der Waals surface area contributed by atoms with E-state index in [4.69, 9.17) is 4.74 Å². The molecule has 0 amide bonds. The normalized spacial score (nSPS) is 19.9. The number of benzene rings is 1. The average molecular weight is 250 g/mol. The van der Waals surface area contributed by atoms with Crippen LogP contribution in [0.5, 0.6) is 5.75 Å². The van der Waals surface area contributed by atoms with Gasteiger partial charge in [0.05, 0.1) is 11.9 Å². The van der Waals surface area contributed by atoms with Crippen molar-refractivity contribution in [3.05, 3.63) is 29.8 Å². The first-order valence-electron chi connectivity index (χ1n) is 6.20. The summed E-state index contributed by atoms with van der Waals surface area (Å²) in [6.07, 6.45) is 3.43. The molecular weight excluding hydrogens is 232 g/mol. The minimum atomic E-state index is 0.153. The fourth-order valence-corrected chi connectivity index (χ4v) is 3.32. The minimum Gasteiger partial charge on any atom is -0.494 e. The molecule has 1 fully saturated rings. The molecule has 92 valence electrons. The topological polar surface area (TPSA) is 26.3 Å². The molecule has 3 heteroatoms. The Labute approximate surface area is 107 Å². The number of hydrogen-bond acceptors (Lipinski definition) is 3. The second kappa shape index (κ2) is 6.10. The molecule has 1 aliphatic rings. The van der Waals surface area contributed by atoms with E-state index in [-0.39, 0.29) is 11.0 Å². The van der Waals surface area contributed by atoms with Gasteiger partial charge in [-0.05, 0) is 37.7 Å². The molecule has 2 nitrogen and oxygen atoms in total. The molecule has 1 aromatic carbocycles. The van der Waals surface area contributed by atoms with Crippen molar-refractivity contribution in [3.8, 4) is 5.75 Å². The Bertz CT molecular complexity index is 384. The van der Waals surface area contributed by atoms with E-state index in [1.54, 1.807) is 11.8 Å². The van der Waals surface area contributed by atoms with Gasteiger partial charge in [-0.1, -0.05) is 18.6 Å². The van der Waals surface area contributed by atoms with E-state index in [1.807, 2.05) is 31.2 Å². The van der Waals surface area contributed by atoms with E-state index in [9.17, 15) is 4.79 Å². The predicted octanol–water partition coefficient (Wildman–Crippen LogP) is 3.55. The highest BCUT2D eigenvalue weighted by Gasteiger charge is 2.23. The van der Waals surface area contributed by atoms with Gasteiger partial charge in [0.2, 0.25) is 0 Å². The molecule has 2 rings (SSSR count). The van der Waals surface area contributed by atoms with E-state index in [0.717, 1.165) is 23.5 Å². The number of Topliss-reactive ketones (excluding diaryl/α,β-unsaturated/α-hetero) is 1. The van der Waals surface area contributed by atoms with Gasteiger partial charge in [0.1, 0.15) is 5.75 Å². The van der Waals surface area contributed by atoms with E-state index in [1.165, 1.54) is 12.8 Å². The van der Waals surface area contributed by atoms with Crippen LogP contribution in [0.25, 0.3) is 0 Å². The highest BCUT2D eigenvalue weighted by molar-refractivity contribution is 8.00. The molecule has 0 bridgehead atoms. The predicted molar refractivity (Wildman–Crippen MR) is 72.0 cm³/mol. The van der Waals surface area contributed by atoms with Gasteiger partial charge in [0.15, 0.2) is 5.78 Å². The molecule has 1 aliphatic heterocycles. The van der Waals surface area contributed by atoms with Gasteiger partial charge >= 0.3 is 0 Å². The van der Waals surface area contributed by atoms with Crippen LogP contribution >= 0.6 is 11.8 Å². The Morgan fingerprint density at radius 2 is 2.35 bits per heavy atom. The number of ketones is 1. The maximum absolute atomic E-state index is 12.3. The van der Waals surface area contributed by atoms with Gasteiger partial charge in [-0.3, -0.25) is 4.79 Å². The van der Waals surface area contributed by atoms with E-state index >= 15 is 0 Å². The first kappa shape index (κ1) is 12.5. The summed E-state index contributed by atoms with van der Waals surface area (Å²) in [5.41, 5.74) is 0.787. The second-order valence-electron chi connectivity index (χ2n) is 4.18. The number of hydrogen-bond donors (Lipinski definition) is 0. The highest BCUT2D eigenvalue weighted by atomic mass is 32.2. The lowest BCUT2D eigenvalue weighted by molar-refractivity contribution is 0.0984. The summed E-state index contributed by atoms with van der Waals surface area (Å²) in [6.45, 7) is 2.58. The molecule has 17 heavy (non-hydrogen) atoms. The monoisotopic (exact) mass is 250 g/mol. The lowest BCUT2D eigenvalue weighted by atomic mass is 10.0. The van der Waals surface area contributed by atoms with Gasteiger partial charge in [0, 0.05) is 5.56 Å². The summed E-state index contributed by atoms with van der Waals surface area (Å²) in [4.78, 5) is 12.3. The summed E-state index contributed by atoms with van der Waals surface area (Å²) in [5.74, 6) is 2.16. The minimum absolute atomic E-state index is 0.153. The van der Waals surface area contributed by atoms with Crippen molar-refractivity contribution in [2.75, 3.05) is 12.4 Å². The van der Waals surface area contributed by atoms with Crippen LogP contribution in [-0.4, -0.2) is 23.4 Å². The molecule has 1 unspecified atom stereocenters. The number of carbonyl (C=O) groups excluding carboxylic acids is 1. The molecule has 1 aromatic rings. The van der Waals surface area contributed by atoms with Crippen molar-refractivity contribution in [1.29, 1.82) is 0 Å². The SMILES string of the molecule is CCOc1cccc(C(=O)C2CCCCS2)c1. The lowest BCUT2D eigenvalue weighted by Gasteiger charge is -2.20. The summed E-state index contributed by atoms with van der Waals surface area (Å²) in [6, 6.07) is 7.54. The first-order valence-corrected chi connectivity index (χ1v) is 7.25. The molecule has 0 spiro atoms. The van der Waals surface area contributed by atoms with Crippen molar-refractivity contribution >= 4 is 17.5 Å². The number of rotatable bonds is 4. The van der Waals surface area contributed by atoms with Crippen LogP contribution in [0.2, 0.25) is 0 Å². The molecule has 0 aromatic heterocycles. The fraction of sp³-hybridized carbons (Fsp3) is 0.500. The number of ether oxygens (including phenoxy) is 1. The Balaban J connectivity index is 2.09. The third-order valence-electron chi connectivity index (χ3n) is 2.90. The highest BCUT2D eigenvalue weighted by Crippen LogP contribution is 2.28. The Kier molecular flexibility index (Phi) is 4.49. The summed E-state index contributed by atoms with van der Waals surface area (Å²) in [5, 5.41) is 0.153. The van der Waals surface area contributed by atoms with Crippen molar-refractivity contribution in [2.24, 2.45) is 0 Å². The molecule has 1 heterocycles. The van der Waals surface area contributed by atoms with Crippen LogP contribution in [0.4, 0.5) is 0 Å². The van der Waals surface area contributed by atoms with Crippen molar-refractivity contribution in [3.63, 3.8) is 0 Å². The van der Waals surface area contributed by atoms with Gasteiger partial charge < -0.3 is 4.74 Å². The zero-order valence-corrected chi connectivity index (χ0v) is 11.0. The number of carbonyl (C=O) groups is 1. The Morgan fingerprint density at radius 1 is 1.47 bits per heavy atom. The Hall–Kier alpha value is -0.960. The standard InChI is InChI=1S/C14H18O2S/c1-2-16-12-7-5-6-11(10-12)14(15)13-8-3-4-9-17-13/h5-7,10,13H,2-4,8-9H2,1H3. The van der Waals surface area contributed by atoms with Crippen molar-refractivity contribution in [2.45, 2.75) is 31.4 Å². The lowest BCUT2D eigenvalue weighted by Crippen LogP contribution is -2.20. The van der Waals surface area contributed by atoms with E-state index in [0.29, 0.717) is 6.61 Å². The summed E-state index contributed by atoms with van der Waals surface area (Å²) < 4.78 is 5.42. The van der Waals surface area contributed by atoms with E-state index < -0.39 is 0 Å². The van der Waals surface area contributed by atoms with Gasteiger partial charge in [-0.25, -0.2) is 0 Å². The van der Waals surface area contributed by atoms with Gasteiger partial charge in [0.25, 0.3) is 0 Å². The molecule has 1 saturated heterocycles. The zero-order chi connectivity index (χ0) is 12.1. The first-order chi connectivity index (χ1) is 8.31. The van der Waals surface area contributed by atoms with Gasteiger partial charge in [-0.15, -0.1) is 0 Å². The van der Waals surface area contributed by atoms with Gasteiger partial charge in [-0.2, -0.15) is 11.8 Å². The maximum Gasteiger partial charge on any atom is 0.175 e. The average Bonchev–Trinajstić information content (AvgIpc) is 2.40. The second-order valence-corrected chi connectivity index (χ2v) is 5.49. The molecule has 0 radical (unpaired) electrons. The zero-order valence-electron chi connectivity index (χ0n) is 10.1. The van der Waals surface area contributed by atoms with Crippen molar-refractivity contribution < 1.29 is 9.53 Å². The van der Waals surface area contributed by atoms with Crippen LogP contribution in [0, 0.1) is 0 Å². The molecular formula is C14H18O2S. The smallest absolute Gasteiger partial charge is 0.175 e. The van der Waals surface area contributed by atoms with Crippen LogP contribution in [0.15, 0.2) is 24.3 Å². The third-order valence-corrected chi connectivity index (χ3v) is 4.28. The summed E-state index contributed by atoms with van der Waals surface area (Å²) in [7, 11) is 0.